The van der Waals surface area contributed by atoms with Crippen molar-refractivity contribution in [3.8, 4) is 0 Å². The topological polar surface area (TPSA) is 20.2 Å². The van der Waals surface area contributed by atoms with E-state index in [4.69, 9.17) is 0 Å². The highest BCUT2D eigenvalue weighted by Crippen LogP contribution is 2.25. The zero-order valence-corrected chi connectivity index (χ0v) is 9.94. The molecule has 1 N–H and O–H groups in total. The van der Waals surface area contributed by atoms with Gasteiger partial charge in [0, 0.05) is 0 Å². The fraction of sp³-hybridized carbons (Fsp3) is 0.200. The van der Waals surface area contributed by atoms with Crippen LogP contribution in [0.15, 0.2) is 42.5 Å². The van der Waals surface area contributed by atoms with Crippen LogP contribution in [-0.2, 0) is 0 Å². The van der Waals surface area contributed by atoms with Gasteiger partial charge in [-0.2, -0.15) is 0 Å². The maximum absolute atomic E-state index is 13.0. The van der Waals surface area contributed by atoms with E-state index in [1.54, 1.807) is 13.0 Å². The number of halogens is 1. The van der Waals surface area contributed by atoms with Crippen LogP contribution >= 0.6 is 0 Å². The van der Waals surface area contributed by atoms with Gasteiger partial charge in [0.05, 0.1) is 0 Å². The van der Waals surface area contributed by atoms with Crippen molar-refractivity contribution in [1.29, 1.82) is 0 Å². The van der Waals surface area contributed by atoms with Crippen molar-refractivity contribution in [3.63, 3.8) is 0 Å². The predicted molar refractivity (Wildman–Crippen MR) is 66.4 cm³/mol. The van der Waals surface area contributed by atoms with Crippen molar-refractivity contribution in [3.05, 3.63) is 70.5 Å². The molecule has 0 aliphatic carbocycles. The molecule has 1 atom stereocenters. The van der Waals surface area contributed by atoms with Gasteiger partial charge in [-0.05, 0) is 42.7 Å². The summed E-state index contributed by atoms with van der Waals surface area (Å²) in [7, 11) is 0. The van der Waals surface area contributed by atoms with Gasteiger partial charge in [-0.3, -0.25) is 0 Å². The van der Waals surface area contributed by atoms with E-state index in [1.165, 1.54) is 12.1 Å². The Hall–Kier alpha value is -1.67. The lowest BCUT2D eigenvalue weighted by Gasteiger charge is -2.14. The lowest BCUT2D eigenvalue weighted by Crippen LogP contribution is -2.02. The molecule has 0 aliphatic rings. The van der Waals surface area contributed by atoms with Crippen LogP contribution in [-0.4, -0.2) is 5.11 Å². The van der Waals surface area contributed by atoms with Gasteiger partial charge in [0.25, 0.3) is 0 Å². The third-order valence-corrected chi connectivity index (χ3v) is 2.88. The molecule has 17 heavy (non-hydrogen) atoms. The van der Waals surface area contributed by atoms with Crippen LogP contribution in [0, 0.1) is 19.7 Å². The first-order valence-electron chi connectivity index (χ1n) is 5.58. The van der Waals surface area contributed by atoms with Gasteiger partial charge in [0.15, 0.2) is 0 Å². The highest BCUT2D eigenvalue weighted by molar-refractivity contribution is 5.36. The van der Waals surface area contributed by atoms with Gasteiger partial charge in [-0.15, -0.1) is 0 Å². The summed E-state index contributed by atoms with van der Waals surface area (Å²) in [5.41, 5.74) is 3.44. The molecule has 0 spiro atoms. The number of aliphatic hydroxyl groups is 1. The molecule has 0 radical (unpaired) electrons. The molecule has 1 unspecified atom stereocenters. The summed E-state index contributed by atoms with van der Waals surface area (Å²) in [5.74, 6) is -0.275. The van der Waals surface area contributed by atoms with Crippen LogP contribution in [0.1, 0.15) is 28.4 Å². The average molecular weight is 230 g/mol. The largest absolute Gasteiger partial charge is 0.384 e. The second-order valence-corrected chi connectivity index (χ2v) is 4.32. The minimum Gasteiger partial charge on any atom is -0.384 e. The van der Waals surface area contributed by atoms with E-state index in [0.717, 1.165) is 22.3 Å². The van der Waals surface area contributed by atoms with Crippen molar-refractivity contribution < 1.29 is 9.50 Å². The Bertz CT molecular complexity index is 534. The summed E-state index contributed by atoms with van der Waals surface area (Å²) in [5, 5.41) is 10.3. The first-order chi connectivity index (χ1) is 8.08. The van der Waals surface area contributed by atoms with E-state index < -0.39 is 6.10 Å². The van der Waals surface area contributed by atoms with E-state index in [9.17, 15) is 9.50 Å². The van der Waals surface area contributed by atoms with E-state index in [0.29, 0.717) is 0 Å². The Morgan fingerprint density at radius 2 is 1.82 bits per heavy atom. The number of aryl methyl sites for hydroxylation is 2. The Morgan fingerprint density at radius 1 is 1.06 bits per heavy atom. The number of benzene rings is 2. The first-order valence-corrected chi connectivity index (χ1v) is 5.58. The summed E-state index contributed by atoms with van der Waals surface area (Å²) < 4.78 is 13.0. The van der Waals surface area contributed by atoms with Crippen molar-refractivity contribution in [2.24, 2.45) is 0 Å². The quantitative estimate of drug-likeness (QED) is 0.836. The van der Waals surface area contributed by atoms with Gasteiger partial charge < -0.3 is 5.11 Å². The third kappa shape index (κ3) is 2.53. The van der Waals surface area contributed by atoms with Crippen molar-refractivity contribution in [2.45, 2.75) is 20.0 Å². The van der Waals surface area contributed by atoms with Crippen LogP contribution < -0.4 is 0 Å². The first kappa shape index (κ1) is 11.8. The third-order valence-electron chi connectivity index (χ3n) is 2.88. The maximum Gasteiger partial charge on any atom is 0.123 e. The lowest BCUT2D eigenvalue weighted by molar-refractivity contribution is 0.219. The van der Waals surface area contributed by atoms with Gasteiger partial charge >= 0.3 is 0 Å². The number of rotatable bonds is 2. The molecule has 0 fully saturated rings. The fourth-order valence-electron chi connectivity index (χ4n) is 1.97. The average Bonchev–Trinajstić information content (AvgIpc) is 2.28. The highest BCUT2D eigenvalue weighted by atomic mass is 19.1. The molecule has 0 amide bonds. The zero-order valence-electron chi connectivity index (χ0n) is 9.94. The standard InChI is InChI=1S/C15H15FO/c1-10-4-3-5-12(8-10)15(17)14-7-6-13(16)9-11(14)2/h3-9,15,17H,1-2H3. The van der Waals surface area contributed by atoms with E-state index in [-0.39, 0.29) is 5.82 Å². The minimum absolute atomic E-state index is 0.275. The van der Waals surface area contributed by atoms with Gasteiger partial charge in [-0.1, -0.05) is 35.9 Å². The summed E-state index contributed by atoms with van der Waals surface area (Å²) in [6, 6.07) is 12.2. The normalized spacial score (nSPS) is 12.5. The van der Waals surface area contributed by atoms with Gasteiger partial charge in [0.2, 0.25) is 0 Å². The Balaban J connectivity index is 2.40. The smallest absolute Gasteiger partial charge is 0.123 e. The molecule has 0 bridgehead atoms. The van der Waals surface area contributed by atoms with E-state index in [1.807, 2.05) is 31.2 Å². The number of aliphatic hydroxyl groups excluding tert-OH is 1. The summed E-state index contributed by atoms with van der Waals surface area (Å²) in [6.45, 7) is 3.78. The van der Waals surface area contributed by atoms with Crippen molar-refractivity contribution >= 4 is 0 Å². The molecule has 88 valence electrons. The molecule has 2 aromatic carbocycles. The summed E-state index contributed by atoms with van der Waals surface area (Å²) in [6.07, 6.45) is -0.699. The minimum atomic E-state index is -0.699. The Kier molecular flexibility index (Phi) is 3.25. The molecule has 2 rings (SSSR count). The SMILES string of the molecule is Cc1cccc(C(O)c2ccc(F)cc2C)c1. The van der Waals surface area contributed by atoms with Gasteiger partial charge in [-0.25, -0.2) is 4.39 Å². The Labute approximate surface area is 101 Å². The zero-order chi connectivity index (χ0) is 12.4. The molecular formula is C15H15FO. The van der Waals surface area contributed by atoms with Gasteiger partial charge in [0.1, 0.15) is 11.9 Å². The van der Waals surface area contributed by atoms with Crippen LogP contribution in [0.4, 0.5) is 4.39 Å². The number of hydrogen-bond donors (Lipinski definition) is 1. The second kappa shape index (κ2) is 4.68. The highest BCUT2D eigenvalue weighted by Gasteiger charge is 2.13. The molecule has 0 saturated carbocycles. The second-order valence-electron chi connectivity index (χ2n) is 4.32. The monoisotopic (exact) mass is 230 g/mol. The van der Waals surface area contributed by atoms with E-state index in [2.05, 4.69) is 0 Å². The van der Waals surface area contributed by atoms with Crippen LogP contribution in [0.25, 0.3) is 0 Å². The molecule has 2 heteroatoms. The van der Waals surface area contributed by atoms with Crippen LogP contribution in [0.5, 0.6) is 0 Å². The summed E-state index contributed by atoms with van der Waals surface area (Å²) >= 11 is 0. The predicted octanol–water partition coefficient (Wildman–Crippen LogP) is 3.52. The maximum atomic E-state index is 13.0. The molecular weight excluding hydrogens is 215 g/mol. The Morgan fingerprint density at radius 3 is 2.47 bits per heavy atom. The van der Waals surface area contributed by atoms with Crippen molar-refractivity contribution in [1.82, 2.24) is 0 Å². The molecule has 0 heterocycles. The lowest BCUT2D eigenvalue weighted by atomic mass is 9.96. The molecule has 0 aliphatic heterocycles. The van der Waals surface area contributed by atoms with Crippen molar-refractivity contribution in [2.75, 3.05) is 0 Å². The van der Waals surface area contributed by atoms with E-state index >= 15 is 0 Å². The van der Waals surface area contributed by atoms with Crippen LogP contribution in [0.2, 0.25) is 0 Å². The molecule has 0 saturated heterocycles. The molecule has 2 aromatic rings. The van der Waals surface area contributed by atoms with Crippen LogP contribution in [0.3, 0.4) is 0 Å². The fourth-order valence-corrected chi connectivity index (χ4v) is 1.97. The number of hydrogen-bond acceptors (Lipinski definition) is 1. The molecule has 1 nitrogen and oxygen atoms in total. The summed E-state index contributed by atoms with van der Waals surface area (Å²) in [4.78, 5) is 0. The molecule has 0 aromatic heterocycles.